The van der Waals surface area contributed by atoms with Crippen LogP contribution in [-0.4, -0.2) is 35.5 Å². The van der Waals surface area contributed by atoms with Crippen molar-refractivity contribution < 1.29 is 33.5 Å². The van der Waals surface area contributed by atoms with Crippen LogP contribution >= 0.6 is 0 Å². The standard InChI is InChI=1S/C24H23NO8/c1-23(2)32-21(27)24(22(28)33-23)19(14-7-9-16(10-8-14)25(29)30)12-17(26)13-20(24)15-5-4-6-18(11-15)31-3/h4-11,19-20H,12-13H2,1-3H3/t19-,20+/m1/s1. The van der Waals surface area contributed by atoms with Crippen molar-refractivity contribution in [3.05, 3.63) is 69.8 Å². The fourth-order valence-electron chi connectivity index (χ4n) is 4.84. The maximum Gasteiger partial charge on any atom is 0.328 e. The minimum atomic E-state index is -1.84. The van der Waals surface area contributed by atoms with E-state index < -0.39 is 39.9 Å². The lowest BCUT2D eigenvalue weighted by Crippen LogP contribution is -2.61. The molecule has 1 aliphatic carbocycles. The summed E-state index contributed by atoms with van der Waals surface area (Å²) in [5, 5.41) is 11.1. The molecule has 2 aromatic carbocycles. The summed E-state index contributed by atoms with van der Waals surface area (Å²) in [6.45, 7) is 2.93. The van der Waals surface area contributed by atoms with E-state index in [1.165, 1.54) is 45.2 Å². The molecule has 0 bridgehead atoms. The number of hydrogen-bond acceptors (Lipinski definition) is 8. The fraction of sp³-hybridized carbons (Fsp3) is 0.375. The number of nitro benzene ring substituents is 1. The van der Waals surface area contributed by atoms with Gasteiger partial charge in [-0.15, -0.1) is 0 Å². The van der Waals surface area contributed by atoms with E-state index >= 15 is 0 Å². The maximum absolute atomic E-state index is 13.6. The molecular weight excluding hydrogens is 430 g/mol. The summed E-state index contributed by atoms with van der Waals surface area (Å²) in [6, 6.07) is 12.3. The maximum atomic E-state index is 13.6. The minimum absolute atomic E-state index is 0.0682. The van der Waals surface area contributed by atoms with Crippen molar-refractivity contribution in [2.24, 2.45) is 5.41 Å². The van der Waals surface area contributed by atoms with Crippen molar-refractivity contribution in [3.8, 4) is 5.75 Å². The summed E-state index contributed by atoms with van der Waals surface area (Å²) < 4.78 is 16.4. The zero-order valence-corrected chi connectivity index (χ0v) is 18.4. The van der Waals surface area contributed by atoms with E-state index in [1.54, 1.807) is 24.3 Å². The monoisotopic (exact) mass is 453 g/mol. The molecule has 172 valence electrons. The third-order valence-corrected chi connectivity index (χ3v) is 6.32. The van der Waals surface area contributed by atoms with Gasteiger partial charge in [0.05, 0.1) is 12.0 Å². The highest BCUT2D eigenvalue weighted by Crippen LogP contribution is 2.58. The summed E-state index contributed by atoms with van der Waals surface area (Å²) in [5.41, 5.74) is -0.987. The highest BCUT2D eigenvalue weighted by molar-refractivity contribution is 6.06. The fourth-order valence-corrected chi connectivity index (χ4v) is 4.84. The van der Waals surface area contributed by atoms with E-state index in [4.69, 9.17) is 14.2 Å². The SMILES string of the molecule is COc1cccc([C@@H]2CC(=O)C[C@H](c3ccc([N+](=O)[O-])cc3)C23C(=O)OC(C)(C)OC3=O)c1. The molecule has 9 nitrogen and oxygen atoms in total. The number of Topliss-reactive ketones (excluding diaryl/α,β-unsaturated/α-hetero) is 1. The van der Waals surface area contributed by atoms with Gasteiger partial charge in [-0.05, 0) is 23.3 Å². The van der Waals surface area contributed by atoms with E-state index in [0.29, 0.717) is 16.9 Å². The lowest BCUT2D eigenvalue weighted by Gasteiger charge is -2.49. The third kappa shape index (κ3) is 3.73. The predicted molar refractivity (Wildman–Crippen MR) is 115 cm³/mol. The molecule has 0 unspecified atom stereocenters. The summed E-state index contributed by atoms with van der Waals surface area (Å²) >= 11 is 0. The molecule has 1 saturated heterocycles. The van der Waals surface area contributed by atoms with Gasteiger partial charge in [-0.25, -0.2) is 0 Å². The summed E-state index contributed by atoms with van der Waals surface area (Å²) in [6.07, 6.45) is -0.176. The summed E-state index contributed by atoms with van der Waals surface area (Å²) in [7, 11) is 1.49. The Kier molecular flexibility index (Phi) is 5.43. The molecule has 2 aromatic rings. The van der Waals surface area contributed by atoms with Crippen LogP contribution in [0.1, 0.15) is 49.7 Å². The van der Waals surface area contributed by atoms with Gasteiger partial charge in [-0.2, -0.15) is 0 Å². The van der Waals surface area contributed by atoms with Crippen molar-refractivity contribution in [1.82, 2.24) is 0 Å². The van der Waals surface area contributed by atoms with Gasteiger partial charge in [0, 0.05) is 50.7 Å². The average molecular weight is 453 g/mol. The minimum Gasteiger partial charge on any atom is -0.497 e. The van der Waals surface area contributed by atoms with Crippen molar-refractivity contribution in [3.63, 3.8) is 0 Å². The van der Waals surface area contributed by atoms with Gasteiger partial charge in [0.2, 0.25) is 0 Å². The number of esters is 2. The quantitative estimate of drug-likeness (QED) is 0.298. The smallest absolute Gasteiger partial charge is 0.328 e. The number of carbonyl (C=O) groups excluding carboxylic acids is 3. The number of hydrogen-bond donors (Lipinski definition) is 0. The van der Waals surface area contributed by atoms with E-state index in [1.807, 2.05) is 0 Å². The van der Waals surface area contributed by atoms with Crippen LogP contribution < -0.4 is 4.74 Å². The third-order valence-electron chi connectivity index (χ3n) is 6.32. The number of nitrogens with zero attached hydrogens (tertiary/aromatic N) is 1. The second-order valence-corrected chi connectivity index (χ2v) is 8.73. The number of ketones is 1. The molecule has 4 rings (SSSR count). The summed E-state index contributed by atoms with van der Waals surface area (Å²) in [5.74, 6) is -4.47. The van der Waals surface area contributed by atoms with Gasteiger partial charge in [0.25, 0.3) is 11.5 Å². The highest BCUT2D eigenvalue weighted by Gasteiger charge is 2.67. The highest BCUT2D eigenvalue weighted by atomic mass is 16.7. The molecule has 1 aliphatic heterocycles. The predicted octanol–water partition coefficient (Wildman–Crippen LogP) is 3.66. The van der Waals surface area contributed by atoms with Crippen molar-refractivity contribution >= 4 is 23.4 Å². The van der Waals surface area contributed by atoms with Gasteiger partial charge < -0.3 is 14.2 Å². The number of nitro groups is 1. The van der Waals surface area contributed by atoms with Gasteiger partial charge in [-0.1, -0.05) is 24.3 Å². The first-order valence-electron chi connectivity index (χ1n) is 10.5. The van der Waals surface area contributed by atoms with Gasteiger partial charge in [0.15, 0.2) is 5.41 Å². The van der Waals surface area contributed by atoms with Crippen LogP contribution in [0.3, 0.4) is 0 Å². The number of non-ortho nitro benzene ring substituents is 1. The Morgan fingerprint density at radius 3 is 2.06 bits per heavy atom. The molecule has 0 aromatic heterocycles. The Bertz CT molecular complexity index is 1120. The number of benzene rings is 2. The van der Waals surface area contributed by atoms with Crippen LogP contribution in [0, 0.1) is 15.5 Å². The first-order chi connectivity index (χ1) is 15.6. The van der Waals surface area contributed by atoms with Crippen molar-refractivity contribution in [1.29, 1.82) is 0 Å². The molecule has 2 fully saturated rings. The summed E-state index contributed by atoms with van der Waals surface area (Å²) in [4.78, 5) is 50.7. The average Bonchev–Trinajstić information content (AvgIpc) is 2.77. The Morgan fingerprint density at radius 2 is 1.52 bits per heavy atom. The molecule has 2 aliphatic rings. The van der Waals surface area contributed by atoms with Crippen LogP contribution in [0.2, 0.25) is 0 Å². The Labute approximate surface area is 189 Å². The molecule has 0 N–H and O–H groups in total. The molecule has 33 heavy (non-hydrogen) atoms. The van der Waals surface area contributed by atoms with Crippen LogP contribution in [0.15, 0.2) is 48.5 Å². The number of carbonyl (C=O) groups is 3. The first-order valence-corrected chi connectivity index (χ1v) is 10.5. The van der Waals surface area contributed by atoms with Crippen LogP contribution in [0.5, 0.6) is 5.75 Å². The van der Waals surface area contributed by atoms with E-state index in [0.717, 1.165) is 0 Å². The van der Waals surface area contributed by atoms with Crippen molar-refractivity contribution in [2.75, 3.05) is 7.11 Å². The molecule has 2 atom stereocenters. The zero-order chi connectivity index (χ0) is 24.0. The zero-order valence-electron chi connectivity index (χ0n) is 18.4. The Hall–Kier alpha value is -3.75. The molecule has 9 heteroatoms. The molecule has 0 amide bonds. The number of cyclic esters (lactones) is 2. The van der Waals surface area contributed by atoms with Crippen molar-refractivity contribution in [2.45, 2.75) is 44.3 Å². The molecule has 1 spiro atoms. The van der Waals surface area contributed by atoms with E-state index in [2.05, 4.69) is 0 Å². The topological polar surface area (TPSA) is 122 Å². The van der Waals surface area contributed by atoms with E-state index in [9.17, 15) is 24.5 Å². The molecule has 1 saturated carbocycles. The largest absolute Gasteiger partial charge is 0.497 e. The number of rotatable bonds is 4. The van der Waals surface area contributed by atoms with Crippen LogP contribution in [-0.2, 0) is 23.9 Å². The first kappa shape index (κ1) is 22.4. The lowest BCUT2D eigenvalue weighted by molar-refractivity contribution is -0.384. The molecular formula is C24H23NO8. The molecule has 1 heterocycles. The van der Waals surface area contributed by atoms with E-state index in [-0.39, 0.29) is 24.3 Å². The normalized spacial score (nSPS) is 23.5. The molecule has 0 radical (unpaired) electrons. The second-order valence-electron chi connectivity index (χ2n) is 8.73. The number of methoxy groups -OCH3 is 1. The second kappa shape index (κ2) is 7.99. The Balaban J connectivity index is 1.92. The Morgan fingerprint density at radius 1 is 0.939 bits per heavy atom. The van der Waals surface area contributed by atoms with Gasteiger partial charge in [-0.3, -0.25) is 24.5 Å². The lowest BCUT2D eigenvalue weighted by atomic mass is 9.55. The van der Waals surface area contributed by atoms with Gasteiger partial charge in [0.1, 0.15) is 11.5 Å². The number of ether oxygens (including phenoxy) is 3. The van der Waals surface area contributed by atoms with Crippen LogP contribution in [0.25, 0.3) is 0 Å². The van der Waals surface area contributed by atoms with Gasteiger partial charge >= 0.3 is 11.9 Å². The van der Waals surface area contributed by atoms with Crippen LogP contribution in [0.4, 0.5) is 5.69 Å².